The topological polar surface area (TPSA) is 29.5 Å². The Morgan fingerprint density at radius 3 is 2.25 bits per heavy atom. The Balaban J connectivity index is 3.22. The van der Waals surface area contributed by atoms with E-state index < -0.39 is 35.2 Å². The van der Waals surface area contributed by atoms with Crippen LogP contribution >= 0.6 is 0 Å². The molecule has 90 valence electrons. The van der Waals surface area contributed by atoms with Crippen molar-refractivity contribution in [2.75, 3.05) is 0 Å². The van der Waals surface area contributed by atoms with Crippen LogP contribution in [0.1, 0.15) is 19.4 Å². The summed E-state index contributed by atoms with van der Waals surface area (Å²) in [6, 6.07) is 0.845. The minimum absolute atomic E-state index is 0.322. The second-order valence-corrected chi connectivity index (χ2v) is 3.47. The maximum absolute atomic E-state index is 13.2. The molecule has 2 nitrogen and oxygen atoms in total. The summed E-state index contributed by atoms with van der Waals surface area (Å²) in [7, 11) is 0. The van der Waals surface area contributed by atoms with Gasteiger partial charge >= 0.3 is 6.18 Å². The van der Waals surface area contributed by atoms with Crippen LogP contribution in [0.5, 0.6) is 11.5 Å². The van der Waals surface area contributed by atoms with Gasteiger partial charge in [0.05, 0.1) is 11.7 Å². The molecular formula is C10H10F4O2. The molecule has 0 heterocycles. The minimum atomic E-state index is -4.65. The van der Waals surface area contributed by atoms with Crippen LogP contribution in [0.3, 0.4) is 0 Å². The van der Waals surface area contributed by atoms with Crippen LogP contribution in [0.25, 0.3) is 0 Å². The Bertz CT molecular complexity index is 385. The van der Waals surface area contributed by atoms with Gasteiger partial charge in [0.1, 0.15) is 0 Å². The van der Waals surface area contributed by atoms with Crippen molar-refractivity contribution in [2.24, 2.45) is 0 Å². The molecule has 0 aliphatic carbocycles. The minimum Gasteiger partial charge on any atom is -0.505 e. The SMILES string of the molecule is CC(C)Oc1cc(C(F)(F)F)cc(O)c1F. The maximum atomic E-state index is 13.2. The van der Waals surface area contributed by atoms with Crippen LogP contribution in [-0.2, 0) is 6.18 Å². The molecule has 0 saturated heterocycles. The first-order chi connectivity index (χ1) is 7.21. The van der Waals surface area contributed by atoms with Crippen LogP contribution in [0.15, 0.2) is 12.1 Å². The molecule has 0 bridgehead atoms. The molecule has 0 aliphatic rings. The zero-order valence-corrected chi connectivity index (χ0v) is 8.60. The van der Waals surface area contributed by atoms with Crippen molar-refractivity contribution >= 4 is 0 Å². The van der Waals surface area contributed by atoms with Crippen molar-refractivity contribution < 1.29 is 27.4 Å². The summed E-state index contributed by atoms with van der Waals surface area (Å²) in [6.45, 7) is 3.08. The van der Waals surface area contributed by atoms with Crippen molar-refractivity contribution in [2.45, 2.75) is 26.1 Å². The van der Waals surface area contributed by atoms with Crippen LogP contribution < -0.4 is 4.74 Å². The molecule has 1 N–H and O–H groups in total. The van der Waals surface area contributed by atoms with Crippen LogP contribution in [-0.4, -0.2) is 11.2 Å². The standard InChI is InChI=1S/C10H10F4O2/c1-5(2)16-8-4-6(10(12,13)14)3-7(15)9(8)11/h3-5,15H,1-2H3. The van der Waals surface area contributed by atoms with Gasteiger partial charge in [-0.3, -0.25) is 0 Å². The molecule has 0 amide bonds. The Hall–Kier alpha value is -1.46. The molecule has 6 heteroatoms. The number of aromatic hydroxyl groups is 1. The fourth-order valence-corrected chi connectivity index (χ4v) is 1.09. The number of benzene rings is 1. The van der Waals surface area contributed by atoms with Gasteiger partial charge < -0.3 is 9.84 Å². The van der Waals surface area contributed by atoms with Gasteiger partial charge in [-0.2, -0.15) is 17.6 Å². The normalized spacial score (nSPS) is 11.9. The van der Waals surface area contributed by atoms with E-state index >= 15 is 0 Å². The van der Waals surface area contributed by atoms with Crippen molar-refractivity contribution in [3.63, 3.8) is 0 Å². The lowest BCUT2D eigenvalue weighted by molar-refractivity contribution is -0.137. The molecule has 0 aromatic heterocycles. The molecular weight excluding hydrogens is 228 g/mol. The van der Waals surface area contributed by atoms with Crippen LogP contribution in [0, 0.1) is 5.82 Å². The quantitative estimate of drug-likeness (QED) is 0.800. The summed E-state index contributed by atoms with van der Waals surface area (Å²) in [4.78, 5) is 0. The van der Waals surface area contributed by atoms with E-state index in [0.29, 0.717) is 12.1 Å². The molecule has 16 heavy (non-hydrogen) atoms. The molecule has 1 aromatic carbocycles. The number of hydrogen-bond donors (Lipinski definition) is 1. The monoisotopic (exact) mass is 238 g/mol. The highest BCUT2D eigenvalue weighted by Gasteiger charge is 2.33. The van der Waals surface area contributed by atoms with Gasteiger partial charge in [-0.1, -0.05) is 0 Å². The predicted octanol–water partition coefficient (Wildman–Crippen LogP) is 3.34. The van der Waals surface area contributed by atoms with Crippen LogP contribution in [0.4, 0.5) is 17.6 Å². The van der Waals surface area contributed by atoms with E-state index in [1.54, 1.807) is 0 Å². The van der Waals surface area contributed by atoms with E-state index in [1.807, 2.05) is 0 Å². The first-order valence-corrected chi connectivity index (χ1v) is 4.48. The van der Waals surface area contributed by atoms with Gasteiger partial charge in [-0.05, 0) is 26.0 Å². The lowest BCUT2D eigenvalue weighted by Gasteiger charge is -2.14. The molecule has 0 spiro atoms. The average molecular weight is 238 g/mol. The number of ether oxygens (including phenoxy) is 1. The van der Waals surface area contributed by atoms with Gasteiger partial charge in [0, 0.05) is 0 Å². The van der Waals surface area contributed by atoms with Crippen molar-refractivity contribution in [1.82, 2.24) is 0 Å². The van der Waals surface area contributed by atoms with Gasteiger partial charge in [-0.25, -0.2) is 0 Å². The third-order valence-electron chi connectivity index (χ3n) is 1.71. The molecule has 0 saturated carbocycles. The number of phenolic OH excluding ortho intramolecular Hbond substituents is 1. The van der Waals surface area contributed by atoms with Gasteiger partial charge in [0.2, 0.25) is 5.82 Å². The number of phenols is 1. The van der Waals surface area contributed by atoms with Crippen LogP contribution in [0.2, 0.25) is 0 Å². The summed E-state index contributed by atoms with van der Waals surface area (Å²) in [5.74, 6) is -2.88. The third kappa shape index (κ3) is 2.77. The summed E-state index contributed by atoms with van der Waals surface area (Å²) in [5, 5.41) is 9.00. The lowest BCUT2D eigenvalue weighted by atomic mass is 10.2. The van der Waals surface area contributed by atoms with Gasteiger partial charge in [0.25, 0.3) is 0 Å². The van der Waals surface area contributed by atoms with E-state index in [2.05, 4.69) is 0 Å². The Labute approximate surface area is 89.5 Å². The number of hydrogen-bond acceptors (Lipinski definition) is 2. The molecule has 0 aliphatic heterocycles. The van der Waals surface area contributed by atoms with Crippen molar-refractivity contribution in [1.29, 1.82) is 0 Å². The molecule has 0 atom stereocenters. The second-order valence-electron chi connectivity index (χ2n) is 3.47. The fourth-order valence-electron chi connectivity index (χ4n) is 1.09. The highest BCUT2D eigenvalue weighted by molar-refractivity contribution is 5.40. The maximum Gasteiger partial charge on any atom is 0.416 e. The van der Waals surface area contributed by atoms with E-state index in [9.17, 15) is 17.6 Å². The Kier molecular flexibility index (Phi) is 3.30. The second kappa shape index (κ2) is 4.19. The van der Waals surface area contributed by atoms with Crippen molar-refractivity contribution in [3.05, 3.63) is 23.5 Å². The summed E-state index contributed by atoms with van der Waals surface area (Å²) in [6.07, 6.45) is -5.14. The highest BCUT2D eigenvalue weighted by Crippen LogP contribution is 2.37. The highest BCUT2D eigenvalue weighted by atomic mass is 19.4. The molecule has 0 radical (unpaired) electrons. The Morgan fingerprint density at radius 2 is 1.81 bits per heavy atom. The third-order valence-corrected chi connectivity index (χ3v) is 1.71. The van der Waals surface area contributed by atoms with Gasteiger partial charge in [-0.15, -0.1) is 0 Å². The zero-order chi connectivity index (χ0) is 12.5. The molecule has 0 fully saturated rings. The molecule has 1 aromatic rings. The van der Waals surface area contributed by atoms with Gasteiger partial charge in [0.15, 0.2) is 11.5 Å². The first kappa shape index (κ1) is 12.6. The number of alkyl halides is 3. The predicted molar refractivity (Wildman–Crippen MR) is 48.8 cm³/mol. The fraction of sp³-hybridized carbons (Fsp3) is 0.400. The Morgan fingerprint density at radius 1 is 1.25 bits per heavy atom. The number of rotatable bonds is 2. The largest absolute Gasteiger partial charge is 0.505 e. The summed E-state index contributed by atoms with van der Waals surface area (Å²) in [5.41, 5.74) is -1.15. The number of halogens is 4. The lowest BCUT2D eigenvalue weighted by Crippen LogP contribution is -2.10. The summed E-state index contributed by atoms with van der Waals surface area (Å²) >= 11 is 0. The molecule has 1 rings (SSSR count). The summed E-state index contributed by atoms with van der Waals surface area (Å²) < 4.78 is 55.0. The van der Waals surface area contributed by atoms with E-state index in [4.69, 9.17) is 9.84 Å². The van der Waals surface area contributed by atoms with E-state index in [1.165, 1.54) is 13.8 Å². The smallest absolute Gasteiger partial charge is 0.416 e. The van der Waals surface area contributed by atoms with Crippen molar-refractivity contribution in [3.8, 4) is 11.5 Å². The zero-order valence-electron chi connectivity index (χ0n) is 8.60. The van der Waals surface area contributed by atoms with E-state index in [-0.39, 0.29) is 0 Å². The molecule has 0 unspecified atom stereocenters. The average Bonchev–Trinajstić information content (AvgIpc) is 2.10. The first-order valence-electron chi connectivity index (χ1n) is 4.48. The van der Waals surface area contributed by atoms with E-state index in [0.717, 1.165) is 0 Å².